The molecule has 18 heavy (non-hydrogen) atoms. The fraction of sp³-hybridized carbons (Fsp3) is 0.500. The maximum absolute atomic E-state index is 11.9. The zero-order chi connectivity index (χ0) is 13.0. The van der Waals surface area contributed by atoms with Gasteiger partial charge in [0.15, 0.2) is 0 Å². The van der Waals surface area contributed by atoms with Crippen LogP contribution in [0.5, 0.6) is 0 Å². The summed E-state index contributed by atoms with van der Waals surface area (Å²) in [6.45, 7) is 0. The minimum absolute atomic E-state index is 0.00367. The zero-order valence-corrected chi connectivity index (χ0v) is 10.8. The molecular weight excluding hydrogens is 250 g/mol. The number of amidine groups is 1. The molecule has 0 aliphatic heterocycles. The van der Waals surface area contributed by atoms with Crippen molar-refractivity contribution < 1.29 is 10.0 Å². The summed E-state index contributed by atoms with van der Waals surface area (Å²) >= 11 is 1.58. The Hall–Kier alpha value is -1.56. The van der Waals surface area contributed by atoms with E-state index in [9.17, 15) is 4.79 Å². The molecule has 1 fully saturated rings. The van der Waals surface area contributed by atoms with Gasteiger partial charge in [0.05, 0.1) is 6.42 Å². The molecule has 0 saturated heterocycles. The molecule has 98 valence electrons. The average molecular weight is 267 g/mol. The predicted molar refractivity (Wildman–Crippen MR) is 70.7 cm³/mol. The first kappa shape index (κ1) is 12.9. The molecule has 2 unspecified atom stereocenters. The van der Waals surface area contributed by atoms with Crippen LogP contribution in [0.4, 0.5) is 0 Å². The number of thiophene rings is 1. The van der Waals surface area contributed by atoms with Gasteiger partial charge in [0.1, 0.15) is 5.84 Å². The van der Waals surface area contributed by atoms with Gasteiger partial charge >= 0.3 is 0 Å². The fourth-order valence-electron chi connectivity index (χ4n) is 2.40. The van der Waals surface area contributed by atoms with Gasteiger partial charge in [0, 0.05) is 12.0 Å². The molecule has 0 aromatic carbocycles. The molecule has 1 amide bonds. The molecular formula is C12H17N3O2S. The maximum atomic E-state index is 11.9. The molecule has 1 aliphatic carbocycles. The first-order valence-electron chi connectivity index (χ1n) is 5.98. The molecule has 1 aromatic heterocycles. The fourth-order valence-corrected chi connectivity index (χ4v) is 3.07. The van der Waals surface area contributed by atoms with Gasteiger partial charge in [-0.15, -0.1) is 0 Å². The van der Waals surface area contributed by atoms with E-state index in [0.29, 0.717) is 6.42 Å². The largest absolute Gasteiger partial charge is 0.409 e. The Morgan fingerprint density at radius 2 is 2.44 bits per heavy atom. The van der Waals surface area contributed by atoms with Gasteiger partial charge in [0.2, 0.25) is 5.91 Å². The van der Waals surface area contributed by atoms with E-state index in [0.717, 1.165) is 24.8 Å². The molecule has 1 heterocycles. The average Bonchev–Trinajstić information content (AvgIpc) is 2.99. The zero-order valence-electron chi connectivity index (χ0n) is 10.0. The van der Waals surface area contributed by atoms with Crippen LogP contribution in [-0.2, 0) is 11.2 Å². The Balaban J connectivity index is 1.90. The van der Waals surface area contributed by atoms with Crippen LogP contribution in [-0.4, -0.2) is 23.0 Å². The third-order valence-electron chi connectivity index (χ3n) is 3.30. The van der Waals surface area contributed by atoms with Crippen LogP contribution in [0.2, 0.25) is 0 Å². The van der Waals surface area contributed by atoms with Gasteiger partial charge < -0.3 is 16.3 Å². The number of rotatable bonds is 4. The van der Waals surface area contributed by atoms with Gasteiger partial charge in [-0.05, 0) is 35.2 Å². The topological polar surface area (TPSA) is 87.7 Å². The monoisotopic (exact) mass is 267 g/mol. The van der Waals surface area contributed by atoms with E-state index in [1.165, 1.54) is 0 Å². The highest BCUT2D eigenvalue weighted by atomic mass is 32.1. The molecule has 4 N–H and O–H groups in total. The summed E-state index contributed by atoms with van der Waals surface area (Å²) in [5.41, 5.74) is 6.65. The van der Waals surface area contributed by atoms with Crippen molar-refractivity contribution in [2.45, 2.75) is 31.7 Å². The standard InChI is InChI=1S/C12H17N3O2S/c13-12(15-17)9-2-1-3-10(9)14-11(16)6-8-4-5-18-7-8/h4-5,7,9-10,17H,1-3,6H2,(H2,13,15)(H,14,16). The number of carbonyl (C=O) groups is 1. The second-order valence-corrected chi connectivity index (χ2v) is 5.32. The molecule has 1 aliphatic rings. The third-order valence-corrected chi connectivity index (χ3v) is 4.03. The van der Waals surface area contributed by atoms with E-state index in [1.807, 2.05) is 16.8 Å². The summed E-state index contributed by atoms with van der Waals surface area (Å²) in [4.78, 5) is 11.9. The number of oxime groups is 1. The Bertz CT molecular complexity index is 431. The number of nitrogens with one attached hydrogen (secondary N) is 1. The van der Waals surface area contributed by atoms with Crippen LogP contribution in [0, 0.1) is 5.92 Å². The third kappa shape index (κ3) is 3.01. The van der Waals surface area contributed by atoms with Gasteiger partial charge in [-0.2, -0.15) is 11.3 Å². The van der Waals surface area contributed by atoms with E-state index in [-0.39, 0.29) is 23.7 Å². The molecule has 6 heteroatoms. The second-order valence-electron chi connectivity index (χ2n) is 4.54. The van der Waals surface area contributed by atoms with Crippen molar-refractivity contribution in [2.75, 3.05) is 0 Å². The van der Waals surface area contributed by atoms with Crippen LogP contribution in [0.3, 0.4) is 0 Å². The Labute approximate surface area is 110 Å². The minimum Gasteiger partial charge on any atom is -0.409 e. The summed E-state index contributed by atoms with van der Waals surface area (Å²) in [7, 11) is 0. The Morgan fingerprint density at radius 1 is 1.61 bits per heavy atom. The second kappa shape index (κ2) is 5.86. The normalized spacial score (nSPS) is 24.1. The van der Waals surface area contributed by atoms with Gasteiger partial charge in [-0.25, -0.2) is 0 Å². The minimum atomic E-state index is -0.0403. The first-order valence-corrected chi connectivity index (χ1v) is 6.93. The van der Waals surface area contributed by atoms with Gasteiger partial charge in [-0.1, -0.05) is 11.6 Å². The van der Waals surface area contributed by atoms with Crippen LogP contribution >= 0.6 is 11.3 Å². The van der Waals surface area contributed by atoms with Crippen molar-refractivity contribution >= 4 is 23.1 Å². The van der Waals surface area contributed by atoms with Crippen LogP contribution < -0.4 is 11.1 Å². The lowest BCUT2D eigenvalue weighted by Gasteiger charge is -2.19. The summed E-state index contributed by atoms with van der Waals surface area (Å²) in [5.74, 6) is 0.172. The van der Waals surface area contributed by atoms with E-state index < -0.39 is 0 Å². The van der Waals surface area contributed by atoms with Crippen LogP contribution in [0.25, 0.3) is 0 Å². The van der Waals surface area contributed by atoms with E-state index in [2.05, 4.69) is 10.5 Å². The van der Waals surface area contributed by atoms with Crippen molar-refractivity contribution in [3.63, 3.8) is 0 Å². The lowest BCUT2D eigenvalue weighted by Crippen LogP contribution is -2.42. The summed E-state index contributed by atoms with van der Waals surface area (Å²) in [6.07, 6.45) is 3.13. The quantitative estimate of drug-likeness (QED) is 0.333. The smallest absolute Gasteiger partial charge is 0.224 e. The number of hydrogen-bond acceptors (Lipinski definition) is 4. The van der Waals surface area contributed by atoms with Crippen molar-refractivity contribution in [2.24, 2.45) is 16.8 Å². The molecule has 5 nitrogen and oxygen atoms in total. The molecule has 0 bridgehead atoms. The molecule has 2 atom stereocenters. The first-order chi connectivity index (χ1) is 8.70. The Kier molecular flexibility index (Phi) is 4.19. The number of nitrogens with two attached hydrogens (primary N) is 1. The maximum Gasteiger partial charge on any atom is 0.224 e. The van der Waals surface area contributed by atoms with Crippen molar-refractivity contribution in [1.29, 1.82) is 0 Å². The Morgan fingerprint density at radius 3 is 3.11 bits per heavy atom. The number of carbonyl (C=O) groups excluding carboxylic acids is 1. The molecule has 1 aromatic rings. The highest BCUT2D eigenvalue weighted by Gasteiger charge is 2.31. The number of nitrogens with zero attached hydrogens (tertiary/aromatic N) is 1. The van der Waals surface area contributed by atoms with E-state index >= 15 is 0 Å². The van der Waals surface area contributed by atoms with Crippen LogP contribution in [0.1, 0.15) is 24.8 Å². The molecule has 0 radical (unpaired) electrons. The molecule has 2 rings (SSSR count). The van der Waals surface area contributed by atoms with Crippen molar-refractivity contribution in [3.8, 4) is 0 Å². The molecule has 1 saturated carbocycles. The van der Waals surface area contributed by atoms with E-state index in [4.69, 9.17) is 10.9 Å². The molecule has 0 spiro atoms. The lowest BCUT2D eigenvalue weighted by atomic mass is 10.0. The lowest BCUT2D eigenvalue weighted by molar-refractivity contribution is -0.121. The highest BCUT2D eigenvalue weighted by Crippen LogP contribution is 2.25. The summed E-state index contributed by atoms with van der Waals surface area (Å²) < 4.78 is 0. The van der Waals surface area contributed by atoms with Gasteiger partial charge in [-0.3, -0.25) is 4.79 Å². The van der Waals surface area contributed by atoms with Crippen molar-refractivity contribution in [1.82, 2.24) is 5.32 Å². The van der Waals surface area contributed by atoms with Crippen molar-refractivity contribution in [3.05, 3.63) is 22.4 Å². The van der Waals surface area contributed by atoms with Crippen LogP contribution in [0.15, 0.2) is 22.0 Å². The number of hydrogen-bond donors (Lipinski definition) is 3. The van der Waals surface area contributed by atoms with E-state index in [1.54, 1.807) is 11.3 Å². The van der Waals surface area contributed by atoms with Gasteiger partial charge in [0.25, 0.3) is 0 Å². The summed E-state index contributed by atoms with van der Waals surface area (Å²) in [5, 5.41) is 18.7. The predicted octanol–water partition coefficient (Wildman–Crippen LogP) is 1.32. The SMILES string of the molecule is NC(=NO)C1CCCC1NC(=O)Cc1ccsc1. The highest BCUT2D eigenvalue weighted by molar-refractivity contribution is 7.07. The summed E-state index contributed by atoms with van der Waals surface area (Å²) in [6, 6.07) is 1.94. The number of amides is 1.